The van der Waals surface area contributed by atoms with Crippen molar-refractivity contribution in [3.05, 3.63) is 90.0 Å². The van der Waals surface area contributed by atoms with E-state index in [2.05, 4.69) is 12.2 Å². The highest BCUT2D eigenvalue weighted by atomic mass is 16.7. The number of amides is 3. The van der Waals surface area contributed by atoms with E-state index >= 15 is 0 Å². The van der Waals surface area contributed by atoms with Crippen molar-refractivity contribution in [2.45, 2.75) is 32.4 Å². The Morgan fingerprint density at radius 1 is 0.882 bits per heavy atom. The van der Waals surface area contributed by atoms with Crippen LogP contribution in [0.4, 0.5) is 17.1 Å². The normalized spacial score (nSPS) is 21.6. The lowest BCUT2D eigenvalue weighted by Crippen LogP contribution is -2.37. The van der Waals surface area contributed by atoms with Gasteiger partial charge in [-0.2, -0.15) is 0 Å². The highest BCUT2D eigenvalue weighted by molar-refractivity contribution is 6.23. The number of nitrogens with zero attached hydrogens (tertiary/aromatic N) is 2. The standard InChI is InChI=1S/C27H25N3O4/c1-3-18-9-15-21(16-10-18)29-26(32)23-24(19-11-13-20(14-12-19)28-17(2)31)30(34-25(23)27(29)33)22-7-5-4-6-8-22/h4-16,23-25H,3H2,1-2H3,(H,28,31)/t23-,24+,25+/m0/s1. The fourth-order valence-corrected chi connectivity index (χ4v) is 4.65. The molecule has 2 saturated heterocycles. The third-order valence-electron chi connectivity index (χ3n) is 6.30. The molecule has 2 heterocycles. The van der Waals surface area contributed by atoms with Crippen LogP contribution < -0.4 is 15.3 Å². The molecule has 0 saturated carbocycles. The van der Waals surface area contributed by atoms with Crippen LogP contribution in [0.2, 0.25) is 0 Å². The fraction of sp³-hybridized carbons (Fsp3) is 0.222. The number of hydroxylamine groups is 1. The Hall–Kier alpha value is -3.97. The summed E-state index contributed by atoms with van der Waals surface area (Å²) < 4.78 is 0. The summed E-state index contributed by atoms with van der Waals surface area (Å²) in [6.07, 6.45) is -0.0439. The van der Waals surface area contributed by atoms with Crippen LogP contribution in [0.15, 0.2) is 78.9 Å². The van der Waals surface area contributed by atoms with E-state index in [9.17, 15) is 14.4 Å². The van der Waals surface area contributed by atoms with Crippen LogP contribution in [0.25, 0.3) is 0 Å². The number of aryl methyl sites for hydroxylation is 1. The van der Waals surface area contributed by atoms with Crippen molar-refractivity contribution in [3.63, 3.8) is 0 Å². The first-order chi connectivity index (χ1) is 16.5. The molecule has 2 fully saturated rings. The first-order valence-electron chi connectivity index (χ1n) is 11.3. The number of hydrogen-bond donors (Lipinski definition) is 1. The van der Waals surface area contributed by atoms with Gasteiger partial charge >= 0.3 is 0 Å². The van der Waals surface area contributed by atoms with E-state index in [1.807, 2.05) is 66.7 Å². The largest absolute Gasteiger partial charge is 0.326 e. The van der Waals surface area contributed by atoms with Gasteiger partial charge in [0.25, 0.3) is 5.91 Å². The monoisotopic (exact) mass is 455 g/mol. The summed E-state index contributed by atoms with van der Waals surface area (Å²) in [6, 6.07) is 23.7. The van der Waals surface area contributed by atoms with Gasteiger partial charge in [0, 0.05) is 12.6 Å². The van der Waals surface area contributed by atoms with Crippen LogP contribution in [0.1, 0.15) is 31.0 Å². The lowest BCUT2D eigenvalue weighted by molar-refractivity contribution is -0.126. The lowest BCUT2D eigenvalue weighted by atomic mass is 9.90. The van der Waals surface area contributed by atoms with Gasteiger partial charge in [-0.25, -0.2) is 9.96 Å². The maximum Gasteiger partial charge on any atom is 0.266 e. The SMILES string of the molecule is CCc1ccc(N2C(=O)[C@H]3[C@@H](c4ccc(NC(C)=O)cc4)N(c4ccccc4)O[C@H]3C2=O)cc1. The van der Waals surface area contributed by atoms with E-state index in [0.717, 1.165) is 23.2 Å². The molecule has 1 N–H and O–H groups in total. The van der Waals surface area contributed by atoms with Crippen LogP contribution in [-0.2, 0) is 25.6 Å². The summed E-state index contributed by atoms with van der Waals surface area (Å²) >= 11 is 0. The van der Waals surface area contributed by atoms with Crippen molar-refractivity contribution >= 4 is 34.8 Å². The number of fused-ring (bicyclic) bond motifs is 1. The number of imide groups is 1. The summed E-state index contributed by atoms with van der Waals surface area (Å²) in [5.74, 6) is -1.51. The number of nitrogens with one attached hydrogen (secondary N) is 1. The molecule has 7 nitrogen and oxygen atoms in total. The molecule has 0 aromatic heterocycles. The first-order valence-corrected chi connectivity index (χ1v) is 11.3. The number of carbonyl (C=O) groups is 3. The third kappa shape index (κ3) is 3.74. The van der Waals surface area contributed by atoms with Crippen molar-refractivity contribution in [3.8, 4) is 0 Å². The number of carbonyl (C=O) groups excluding carboxylic acids is 3. The maximum absolute atomic E-state index is 13.7. The minimum Gasteiger partial charge on any atom is -0.326 e. The van der Waals surface area contributed by atoms with Gasteiger partial charge < -0.3 is 5.32 Å². The van der Waals surface area contributed by atoms with Gasteiger partial charge in [0.1, 0.15) is 5.92 Å². The molecule has 2 aliphatic rings. The van der Waals surface area contributed by atoms with Crippen molar-refractivity contribution < 1.29 is 19.2 Å². The van der Waals surface area contributed by atoms with Gasteiger partial charge in [0.05, 0.1) is 17.4 Å². The highest BCUT2D eigenvalue weighted by Crippen LogP contribution is 2.47. The molecule has 3 amide bonds. The van der Waals surface area contributed by atoms with Gasteiger partial charge in [-0.1, -0.05) is 49.4 Å². The van der Waals surface area contributed by atoms with Crippen LogP contribution in [0.3, 0.4) is 0 Å². The second-order valence-electron chi connectivity index (χ2n) is 8.49. The van der Waals surface area contributed by atoms with Gasteiger partial charge in [-0.15, -0.1) is 0 Å². The Kier molecular flexibility index (Phi) is 5.63. The molecule has 7 heteroatoms. The quantitative estimate of drug-likeness (QED) is 0.582. The Bertz CT molecular complexity index is 1220. The molecule has 0 unspecified atom stereocenters. The van der Waals surface area contributed by atoms with E-state index < -0.39 is 18.1 Å². The van der Waals surface area contributed by atoms with Crippen LogP contribution in [0, 0.1) is 5.92 Å². The molecule has 0 bridgehead atoms. The number of anilines is 3. The summed E-state index contributed by atoms with van der Waals surface area (Å²) in [5, 5.41) is 4.42. The Labute approximate surface area is 197 Å². The number of benzene rings is 3. The van der Waals surface area contributed by atoms with E-state index in [-0.39, 0.29) is 17.7 Å². The van der Waals surface area contributed by atoms with E-state index in [4.69, 9.17) is 4.84 Å². The highest BCUT2D eigenvalue weighted by Gasteiger charge is 2.60. The lowest BCUT2D eigenvalue weighted by Gasteiger charge is -2.29. The molecule has 2 aliphatic heterocycles. The zero-order valence-electron chi connectivity index (χ0n) is 19.0. The second-order valence-corrected chi connectivity index (χ2v) is 8.49. The molecule has 3 aromatic carbocycles. The average Bonchev–Trinajstić information content (AvgIpc) is 3.36. The molecule has 5 rings (SSSR count). The molecular formula is C27H25N3O4. The summed E-state index contributed by atoms with van der Waals surface area (Å²) in [4.78, 5) is 45.9. The molecule has 3 atom stereocenters. The van der Waals surface area contributed by atoms with Gasteiger partial charge in [-0.05, 0) is 53.9 Å². The van der Waals surface area contributed by atoms with Crippen LogP contribution in [0.5, 0.6) is 0 Å². The predicted molar refractivity (Wildman–Crippen MR) is 129 cm³/mol. The molecule has 0 radical (unpaired) electrons. The molecule has 34 heavy (non-hydrogen) atoms. The predicted octanol–water partition coefficient (Wildman–Crippen LogP) is 4.26. The van der Waals surface area contributed by atoms with Crippen molar-refractivity contribution in [2.24, 2.45) is 5.92 Å². The van der Waals surface area contributed by atoms with Gasteiger partial charge in [0.15, 0.2) is 6.10 Å². The smallest absolute Gasteiger partial charge is 0.266 e. The summed E-state index contributed by atoms with van der Waals surface area (Å²) in [5.41, 5.74) is 3.91. The second kappa shape index (κ2) is 8.76. The number of para-hydroxylation sites is 1. The minimum atomic E-state index is -0.918. The Morgan fingerprint density at radius 3 is 2.18 bits per heavy atom. The Balaban J connectivity index is 1.53. The summed E-state index contributed by atoms with van der Waals surface area (Å²) in [6.45, 7) is 3.50. The fourth-order valence-electron chi connectivity index (χ4n) is 4.65. The van der Waals surface area contributed by atoms with E-state index in [1.165, 1.54) is 11.8 Å². The van der Waals surface area contributed by atoms with Crippen LogP contribution in [-0.4, -0.2) is 23.8 Å². The van der Waals surface area contributed by atoms with Gasteiger partial charge in [0.2, 0.25) is 11.8 Å². The topological polar surface area (TPSA) is 79.0 Å². The van der Waals surface area contributed by atoms with E-state index in [1.54, 1.807) is 17.2 Å². The summed E-state index contributed by atoms with van der Waals surface area (Å²) in [7, 11) is 0. The minimum absolute atomic E-state index is 0.163. The van der Waals surface area contributed by atoms with Crippen molar-refractivity contribution in [2.75, 3.05) is 15.3 Å². The average molecular weight is 456 g/mol. The Morgan fingerprint density at radius 2 is 1.56 bits per heavy atom. The molecule has 0 aliphatic carbocycles. The zero-order valence-corrected chi connectivity index (χ0v) is 19.0. The van der Waals surface area contributed by atoms with Crippen molar-refractivity contribution in [1.29, 1.82) is 0 Å². The van der Waals surface area contributed by atoms with Gasteiger partial charge in [-0.3, -0.25) is 19.2 Å². The third-order valence-corrected chi connectivity index (χ3v) is 6.30. The molecule has 172 valence electrons. The number of hydrogen-bond acceptors (Lipinski definition) is 5. The molecular weight excluding hydrogens is 430 g/mol. The van der Waals surface area contributed by atoms with E-state index in [0.29, 0.717) is 11.4 Å². The maximum atomic E-state index is 13.7. The molecule has 0 spiro atoms. The van der Waals surface area contributed by atoms with Crippen molar-refractivity contribution in [1.82, 2.24) is 0 Å². The zero-order chi connectivity index (χ0) is 23.8. The first kappa shape index (κ1) is 21.9. The van der Waals surface area contributed by atoms with Crippen LogP contribution >= 0.6 is 0 Å². The number of rotatable bonds is 5. The molecule has 3 aromatic rings.